The fourth-order valence-corrected chi connectivity index (χ4v) is 2.62. The molecule has 0 aliphatic carbocycles. The molecule has 7 nitrogen and oxygen atoms in total. The van der Waals surface area contributed by atoms with Crippen molar-refractivity contribution in [2.45, 2.75) is 25.5 Å². The van der Waals surface area contributed by atoms with Crippen LogP contribution < -0.4 is 5.73 Å². The average molecular weight is 451 g/mol. The normalized spacial score (nSPS) is 13.9. The third-order valence-corrected chi connectivity index (χ3v) is 3.92. The number of rotatable bonds is 7. The van der Waals surface area contributed by atoms with E-state index in [1.54, 1.807) is 0 Å². The molecule has 0 radical (unpaired) electrons. The number of methoxy groups -OCH3 is 1. The maximum atomic E-state index is 13.1. The number of pyridine rings is 1. The molecule has 13 heteroatoms. The minimum absolute atomic E-state index is 0.0639. The molecule has 0 saturated heterocycles. The fraction of sp³-hybridized carbons (Fsp3) is 0.389. The van der Waals surface area contributed by atoms with Gasteiger partial charge in [-0.15, -0.1) is 0 Å². The van der Waals surface area contributed by atoms with Gasteiger partial charge < -0.3 is 15.2 Å². The molecule has 0 unspecified atom stereocenters. The van der Waals surface area contributed by atoms with Crippen LogP contribution in [-0.4, -0.2) is 53.8 Å². The van der Waals surface area contributed by atoms with E-state index < -0.39 is 42.7 Å². The van der Waals surface area contributed by atoms with Gasteiger partial charge in [0.05, 0.1) is 23.6 Å². The lowest BCUT2D eigenvalue weighted by atomic mass is 10.1. The van der Waals surface area contributed by atoms with Gasteiger partial charge in [0.15, 0.2) is 0 Å². The number of ether oxygens (including phenoxy) is 2. The van der Waals surface area contributed by atoms with Gasteiger partial charge in [-0.2, -0.15) is 31.4 Å². The number of aliphatic imine (C=N–C) groups is 1. The summed E-state index contributed by atoms with van der Waals surface area (Å²) >= 11 is 0. The van der Waals surface area contributed by atoms with Gasteiger partial charge in [-0.05, 0) is 12.1 Å². The number of allylic oxidation sites excluding steroid dienone is 1. The number of alkyl halides is 6. The number of hydrogen-bond donors (Lipinski definition) is 1. The first-order chi connectivity index (χ1) is 14.5. The Hall–Kier alpha value is -3.09. The Morgan fingerprint density at radius 3 is 2.45 bits per heavy atom. The van der Waals surface area contributed by atoms with Crippen LogP contribution in [0.3, 0.4) is 0 Å². The van der Waals surface area contributed by atoms with E-state index in [1.807, 2.05) is 0 Å². The molecule has 0 aromatic carbocycles. The maximum absolute atomic E-state index is 13.1. The first-order valence-corrected chi connectivity index (χ1v) is 8.65. The van der Waals surface area contributed by atoms with Crippen molar-refractivity contribution in [3.8, 4) is 11.4 Å². The molecule has 2 rings (SSSR count). The van der Waals surface area contributed by atoms with Crippen LogP contribution in [0, 0.1) is 0 Å². The van der Waals surface area contributed by atoms with Crippen LogP contribution in [0.4, 0.5) is 26.3 Å². The summed E-state index contributed by atoms with van der Waals surface area (Å²) in [5.41, 5.74) is 3.75. The summed E-state index contributed by atoms with van der Waals surface area (Å²) in [6.07, 6.45) is -6.81. The van der Waals surface area contributed by atoms with Crippen molar-refractivity contribution in [2.75, 3.05) is 20.8 Å². The van der Waals surface area contributed by atoms with Crippen LogP contribution in [0.1, 0.15) is 5.56 Å². The van der Waals surface area contributed by atoms with Crippen molar-refractivity contribution >= 4 is 5.90 Å². The molecule has 31 heavy (non-hydrogen) atoms. The lowest BCUT2D eigenvalue weighted by Crippen LogP contribution is -2.27. The Morgan fingerprint density at radius 1 is 1.16 bits per heavy atom. The summed E-state index contributed by atoms with van der Waals surface area (Å²) < 4.78 is 88.5. The molecule has 0 bridgehead atoms. The second-order valence-corrected chi connectivity index (χ2v) is 6.14. The molecule has 2 aromatic rings. The van der Waals surface area contributed by atoms with E-state index >= 15 is 0 Å². The highest BCUT2D eigenvalue weighted by Crippen LogP contribution is 2.27. The van der Waals surface area contributed by atoms with Gasteiger partial charge in [-0.25, -0.2) is 0 Å². The van der Waals surface area contributed by atoms with Crippen LogP contribution in [0.5, 0.6) is 0 Å². The Labute approximate surface area is 173 Å². The molecule has 2 heterocycles. The minimum Gasteiger partial charge on any atom is -0.473 e. The van der Waals surface area contributed by atoms with Crippen molar-refractivity contribution in [1.29, 1.82) is 0 Å². The number of hydrogen-bond acceptors (Lipinski definition) is 6. The third-order valence-electron chi connectivity index (χ3n) is 3.92. The molecular weight excluding hydrogens is 432 g/mol. The van der Waals surface area contributed by atoms with E-state index in [2.05, 4.69) is 15.1 Å². The van der Waals surface area contributed by atoms with Gasteiger partial charge in [0, 0.05) is 32.1 Å². The van der Waals surface area contributed by atoms with Gasteiger partial charge >= 0.3 is 12.4 Å². The molecule has 0 fully saturated rings. The van der Waals surface area contributed by atoms with Crippen LogP contribution in [0.2, 0.25) is 0 Å². The van der Waals surface area contributed by atoms with Crippen molar-refractivity contribution in [1.82, 2.24) is 14.8 Å². The standard InChI is InChI=1S/C18H19F6N5O2/c1-26-16(12(9-30-2)15(25)18(22,23)24)31-8-11-4-3-6-27-14(11)13-5-7-28-29(13)10-17(19,20)21/h3-7H,8-10,25H2,1-2H3. The van der Waals surface area contributed by atoms with Gasteiger partial charge in [0.25, 0.3) is 0 Å². The highest BCUT2D eigenvalue weighted by Gasteiger charge is 2.36. The second kappa shape index (κ2) is 9.81. The molecule has 0 atom stereocenters. The van der Waals surface area contributed by atoms with Crippen molar-refractivity contribution in [2.24, 2.45) is 10.7 Å². The predicted octanol–water partition coefficient (Wildman–Crippen LogP) is 3.47. The highest BCUT2D eigenvalue weighted by atomic mass is 19.4. The summed E-state index contributed by atoms with van der Waals surface area (Å²) in [6, 6.07) is 4.35. The van der Waals surface area contributed by atoms with Crippen LogP contribution in [0.15, 0.2) is 46.9 Å². The summed E-state index contributed by atoms with van der Waals surface area (Å²) in [7, 11) is 2.38. The van der Waals surface area contributed by atoms with Crippen LogP contribution in [0.25, 0.3) is 11.4 Å². The number of halogens is 6. The molecule has 0 saturated carbocycles. The van der Waals surface area contributed by atoms with E-state index in [1.165, 1.54) is 44.8 Å². The molecular formula is C18H19F6N5O2. The molecule has 0 amide bonds. The maximum Gasteiger partial charge on any atom is 0.431 e. The van der Waals surface area contributed by atoms with Gasteiger partial charge in [-0.3, -0.25) is 14.7 Å². The Bertz CT molecular complexity index is 949. The molecule has 2 N–H and O–H groups in total. The van der Waals surface area contributed by atoms with Gasteiger partial charge in [-0.1, -0.05) is 6.07 Å². The Kier molecular flexibility index (Phi) is 7.65. The monoisotopic (exact) mass is 451 g/mol. The van der Waals surface area contributed by atoms with Gasteiger partial charge in [0.2, 0.25) is 5.90 Å². The van der Waals surface area contributed by atoms with Crippen LogP contribution >= 0.6 is 0 Å². The van der Waals surface area contributed by atoms with Crippen molar-refractivity contribution in [3.63, 3.8) is 0 Å². The number of nitrogens with two attached hydrogens (primary N) is 1. The van der Waals surface area contributed by atoms with Crippen molar-refractivity contribution in [3.05, 3.63) is 47.4 Å². The smallest absolute Gasteiger partial charge is 0.431 e. The Morgan fingerprint density at radius 2 is 1.87 bits per heavy atom. The first-order valence-electron chi connectivity index (χ1n) is 8.65. The molecule has 0 aliphatic rings. The van der Waals surface area contributed by atoms with Crippen LogP contribution in [-0.2, 0) is 22.6 Å². The number of aromatic nitrogens is 3. The largest absolute Gasteiger partial charge is 0.473 e. The zero-order chi connectivity index (χ0) is 23.2. The zero-order valence-corrected chi connectivity index (χ0v) is 16.5. The quantitative estimate of drug-likeness (QED) is 0.396. The lowest BCUT2D eigenvalue weighted by molar-refractivity contribution is -0.142. The SMILES string of the molecule is CN=C(OCc1cccnc1-c1ccnn1CC(F)(F)F)C(COC)=C(N)C(F)(F)F. The summed E-state index contributed by atoms with van der Waals surface area (Å²) in [5, 5.41) is 3.66. The number of nitrogens with zero attached hydrogens (tertiary/aromatic N) is 4. The minimum atomic E-state index is -4.84. The van der Waals surface area contributed by atoms with E-state index in [0.717, 1.165) is 4.68 Å². The zero-order valence-electron chi connectivity index (χ0n) is 16.5. The highest BCUT2D eigenvalue weighted by molar-refractivity contribution is 5.94. The van der Waals surface area contributed by atoms with E-state index in [-0.39, 0.29) is 18.0 Å². The molecule has 170 valence electrons. The third kappa shape index (κ3) is 6.44. The fourth-order valence-electron chi connectivity index (χ4n) is 2.62. The van der Waals surface area contributed by atoms with E-state index in [4.69, 9.17) is 15.2 Å². The Balaban J connectivity index is 2.34. The lowest BCUT2D eigenvalue weighted by Gasteiger charge is -2.17. The van der Waals surface area contributed by atoms with Gasteiger partial charge in [0.1, 0.15) is 18.8 Å². The molecule has 0 spiro atoms. The summed E-state index contributed by atoms with van der Waals surface area (Å²) in [4.78, 5) is 7.79. The molecule has 2 aromatic heterocycles. The summed E-state index contributed by atoms with van der Waals surface area (Å²) in [6.45, 7) is -2.20. The van der Waals surface area contributed by atoms with E-state index in [9.17, 15) is 26.3 Å². The average Bonchev–Trinajstić information content (AvgIpc) is 3.12. The predicted molar refractivity (Wildman–Crippen MR) is 98.8 cm³/mol. The first kappa shape index (κ1) is 24.2. The van der Waals surface area contributed by atoms with E-state index in [0.29, 0.717) is 5.56 Å². The second-order valence-electron chi connectivity index (χ2n) is 6.14. The molecule has 0 aliphatic heterocycles. The topological polar surface area (TPSA) is 87.5 Å². The summed E-state index contributed by atoms with van der Waals surface area (Å²) in [5.74, 6) is -0.421. The van der Waals surface area contributed by atoms with Crippen molar-refractivity contribution < 1.29 is 35.8 Å².